The van der Waals surface area contributed by atoms with Crippen molar-refractivity contribution in [2.24, 2.45) is 5.73 Å². The van der Waals surface area contributed by atoms with Crippen LogP contribution in [-0.2, 0) is 11.3 Å². The van der Waals surface area contributed by atoms with Crippen LogP contribution in [-0.4, -0.2) is 37.2 Å². The molecule has 1 unspecified atom stereocenters. The fourth-order valence-corrected chi connectivity index (χ4v) is 3.03. The molecule has 5 heteroatoms. The molecule has 0 radical (unpaired) electrons. The average molecular weight is 291 g/mol. The number of halogens is 1. The maximum atomic E-state index is 5.94. The van der Waals surface area contributed by atoms with Gasteiger partial charge in [-0.1, -0.05) is 11.6 Å². The highest BCUT2D eigenvalue weighted by Gasteiger charge is 2.24. The summed E-state index contributed by atoms with van der Waals surface area (Å²) in [5, 5.41) is 0. The van der Waals surface area contributed by atoms with Gasteiger partial charge in [-0.05, 0) is 39.4 Å². The van der Waals surface area contributed by atoms with E-state index in [0.717, 1.165) is 17.3 Å². The summed E-state index contributed by atoms with van der Waals surface area (Å²) in [6.45, 7) is 5.68. The molecule has 1 atom stereocenters. The van der Waals surface area contributed by atoms with Gasteiger partial charge in [0.2, 0.25) is 0 Å². The molecule has 0 amide bonds. The van der Waals surface area contributed by atoms with Crippen molar-refractivity contribution in [2.45, 2.75) is 38.5 Å². The molecule has 0 aliphatic carbocycles. The zero-order valence-electron chi connectivity index (χ0n) is 11.6. The highest BCUT2D eigenvalue weighted by molar-refractivity contribution is 7.16. The highest BCUT2D eigenvalue weighted by Crippen LogP contribution is 2.24. The summed E-state index contributed by atoms with van der Waals surface area (Å²) in [5.74, 6) is 0. The average Bonchev–Trinajstić information content (AvgIpc) is 2.71. The number of hydrogen-bond acceptors (Lipinski definition) is 4. The molecular formula is C13H23ClN2OS. The third-order valence-corrected chi connectivity index (χ3v) is 4.43. The van der Waals surface area contributed by atoms with E-state index >= 15 is 0 Å². The van der Waals surface area contributed by atoms with Gasteiger partial charge in [0.15, 0.2) is 0 Å². The monoisotopic (exact) mass is 290 g/mol. The standard InChI is InChI=1S/C13H23ClN2OS/c1-13(2,17-4)7-10(8-15)16(3)9-11-5-6-12(14)18-11/h5-6,10H,7-9,15H2,1-4H3. The summed E-state index contributed by atoms with van der Waals surface area (Å²) in [6, 6.07) is 4.31. The van der Waals surface area contributed by atoms with Crippen molar-refractivity contribution >= 4 is 22.9 Å². The van der Waals surface area contributed by atoms with Gasteiger partial charge in [-0.2, -0.15) is 0 Å². The van der Waals surface area contributed by atoms with E-state index in [-0.39, 0.29) is 5.60 Å². The topological polar surface area (TPSA) is 38.5 Å². The number of rotatable bonds is 7. The normalized spacial score (nSPS) is 14.2. The summed E-state index contributed by atoms with van der Waals surface area (Å²) in [5.41, 5.74) is 5.73. The van der Waals surface area contributed by atoms with Gasteiger partial charge < -0.3 is 10.5 Å². The zero-order valence-corrected chi connectivity index (χ0v) is 13.1. The predicted molar refractivity (Wildman–Crippen MR) is 79.3 cm³/mol. The summed E-state index contributed by atoms with van der Waals surface area (Å²) in [4.78, 5) is 3.53. The maximum Gasteiger partial charge on any atom is 0.0931 e. The largest absolute Gasteiger partial charge is 0.379 e. The second kappa shape index (κ2) is 6.87. The molecule has 2 N–H and O–H groups in total. The molecule has 0 spiro atoms. The first-order valence-corrected chi connectivity index (χ1v) is 7.27. The van der Waals surface area contributed by atoms with Crippen LogP contribution in [0.5, 0.6) is 0 Å². The van der Waals surface area contributed by atoms with E-state index in [1.165, 1.54) is 4.88 Å². The number of hydrogen-bond donors (Lipinski definition) is 1. The van der Waals surface area contributed by atoms with E-state index in [2.05, 4.69) is 31.9 Å². The third kappa shape index (κ3) is 4.86. The molecule has 1 aromatic heterocycles. The number of methoxy groups -OCH3 is 1. The lowest BCUT2D eigenvalue weighted by atomic mass is 9.98. The van der Waals surface area contributed by atoms with Crippen molar-refractivity contribution < 1.29 is 4.74 Å². The number of ether oxygens (including phenoxy) is 1. The van der Waals surface area contributed by atoms with Crippen molar-refractivity contribution in [3.63, 3.8) is 0 Å². The Balaban J connectivity index is 2.59. The molecular weight excluding hydrogens is 268 g/mol. The molecule has 1 aromatic rings. The minimum atomic E-state index is -0.147. The van der Waals surface area contributed by atoms with Gasteiger partial charge in [0, 0.05) is 31.1 Å². The second-order valence-electron chi connectivity index (χ2n) is 5.18. The Bertz CT molecular complexity index is 368. The Morgan fingerprint density at radius 3 is 2.61 bits per heavy atom. The van der Waals surface area contributed by atoms with E-state index < -0.39 is 0 Å². The number of thiophene rings is 1. The first-order valence-electron chi connectivity index (χ1n) is 6.07. The quantitative estimate of drug-likeness (QED) is 0.839. The molecule has 1 heterocycles. The van der Waals surface area contributed by atoms with Gasteiger partial charge >= 0.3 is 0 Å². The van der Waals surface area contributed by atoms with Crippen LogP contribution in [0.25, 0.3) is 0 Å². The SMILES string of the molecule is COC(C)(C)CC(CN)N(C)Cc1ccc(Cl)s1. The molecule has 18 heavy (non-hydrogen) atoms. The van der Waals surface area contributed by atoms with Gasteiger partial charge in [0.05, 0.1) is 9.94 Å². The van der Waals surface area contributed by atoms with Gasteiger partial charge in [0.1, 0.15) is 0 Å². The van der Waals surface area contributed by atoms with Crippen LogP contribution in [0.4, 0.5) is 0 Å². The lowest BCUT2D eigenvalue weighted by molar-refractivity contribution is -0.00528. The van der Waals surface area contributed by atoms with E-state index in [0.29, 0.717) is 12.6 Å². The zero-order chi connectivity index (χ0) is 13.8. The first-order chi connectivity index (χ1) is 8.38. The van der Waals surface area contributed by atoms with Crippen LogP contribution < -0.4 is 5.73 Å². The Labute approximate surface area is 119 Å². The fraction of sp³-hybridized carbons (Fsp3) is 0.692. The molecule has 0 bridgehead atoms. The lowest BCUT2D eigenvalue weighted by Crippen LogP contribution is -2.43. The van der Waals surface area contributed by atoms with Gasteiger partial charge in [0.25, 0.3) is 0 Å². The van der Waals surface area contributed by atoms with Crippen LogP contribution in [0.2, 0.25) is 4.34 Å². The van der Waals surface area contributed by atoms with Gasteiger partial charge in [-0.3, -0.25) is 4.90 Å². The Kier molecular flexibility index (Phi) is 6.08. The second-order valence-corrected chi connectivity index (χ2v) is 6.98. The van der Waals surface area contributed by atoms with E-state index in [1.54, 1.807) is 18.4 Å². The van der Waals surface area contributed by atoms with Crippen molar-refractivity contribution in [2.75, 3.05) is 20.7 Å². The van der Waals surface area contributed by atoms with Crippen LogP contribution in [0.1, 0.15) is 25.1 Å². The van der Waals surface area contributed by atoms with Crippen molar-refractivity contribution in [3.05, 3.63) is 21.3 Å². The number of likely N-dealkylation sites (N-methyl/N-ethyl adjacent to an activating group) is 1. The van der Waals surface area contributed by atoms with Crippen molar-refractivity contribution in [1.29, 1.82) is 0 Å². The van der Waals surface area contributed by atoms with Crippen LogP contribution >= 0.6 is 22.9 Å². The van der Waals surface area contributed by atoms with E-state index in [9.17, 15) is 0 Å². The molecule has 0 saturated carbocycles. The smallest absolute Gasteiger partial charge is 0.0931 e. The molecule has 0 fully saturated rings. The van der Waals surface area contributed by atoms with Gasteiger partial charge in [-0.25, -0.2) is 0 Å². The van der Waals surface area contributed by atoms with Crippen LogP contribution in [0.15, 0.2) is 12.1 Å². The van der Waals surface area contributed by atoms with Crippen molar-refractivity contribution in [1.82, 2.24) is 4.90 Å². The Morgan fingerprint density at radius 2 is 2.17 bits per heavy atom. The van der Waals surface area contributed by atoms with Crippen LogP contribution in [0.3, 0.4) is 0 Å². The minimum Gasteiger partial charge on any atom is -0.379 e. The molecule has 0 aromatic carbocycles. The highest BCUT2D eigenvalue weighted by atomic mass is 35.5. The summed E-state index contributed by atoms with van der Waals surface area (Å²) >= 11 is 7.56. The maximum absolute atomic E-state index is 5.94. The summed E-state index contributed by atoms with van der Waals surface area (Å²) in [7, 11) is 3.84. The van der Waals surface area contributed by atoms with E-state index in [4.69, 9.17) is 22.1 Å². The van der Waals surface area contributed by atoms with Crippen molar-refractivity contribution in [3.8, 4) is 0 Å². The Hall–Kier alpha value is -0.130. The first kappa shape index (κ1) is 15.9. The molecule has 3 nitrogen and oxygen atoms in total. The summed E-state index contributed by atoms with van der Waals surface area (Å²) < 4.78 is 6.31. The number of nitrogens with two attached hydrogens (primary N) is 1. The molecule has 1 rings (SSSR count). The molecule has 0 aliphatic heterocycles. The lowest BCUT2D eigenvalue weighted by Gasteiger charge is -2.33. The predicted octanol–water partition coefficient (Wildman–Crippen LogP) is 2.98. The van der Waals surface area contributed by atoms with Crippen LogP contribution in [0, 0.1) is 0 Å². The Morgan fingerprint density at radius 1 is 1.50 bits per heavy atom. The molecule has 104 valence electrons. The van der Waals surface area contributed by atoms with Gasteiger partial charge in [-0.15, -0.1) is 11.3 Å². The number of nitrogens with zero attached hydrogens (tertiary/aromatic N) is 1. The molecule has 0 aliphatic rings. The minimum absolute atomic E-state index is 0.147. The molecule has 0 saturated heterocycles. The fourth-order valence-electron chi connectivity index (χ4n) is 1.88. The third-order valence-electron chi connectivity index (χ3n) is 3.21. The summed E-state index contributed by atoms with van der Waals surface area (Å²) in [6.07, 6.45) is 0.912. The van der Waals surface area contributed by atoms with E-state index in [1.807, 2.05) is 6.07 Å².